The van der Waals surface area contributed by atoms with Crippen molar-refractivity contribution in [2.24, 2.45) is 7.05 Å². The van der Waals surface area contributed by atoms with Gasteiger partial charge in [0.25, 0.3) is 0 Å². The lowest BCUT2D eigenvalue weighted by Crippen LogP contribution is -2.08. The summed E-state index contributed by atoms with van der Waals surface area (Å²) in [5.41, 5.74) is 2.48. The van der Waals surface area contributed by atoms with Crippen molar-refractivity contribution in [1.29, 1.82) is 0 Å². The van der Waals surface area contributed by atoms with Crippen LogP contribution in [0.5, 0.6) is 0 Å². The van der Waals surface area contributed by atoms with E-state index in [-0.39, 0.29) is 6.42 Å². The van der Waals surface area contributed by atoms with Crippen LogP contribution in [0, 0.1) is 0 Å². The van der Waals surface area contributed by atoms with Crippen molar-refractivity contribution in [2.45, 2.75) is 19.0 Å². The van der Waals surface area contributed by atoms with Gasteiger partial charge in [-0.05, 0) is 36.1 Å². The minimum absolute atomic E-state index is 0.0741. The molecule has 0 unspecified atom stereocenters. The minimum atomic E-state index is -4.14. The van der Waals surface area contributed by atoms with Gasteiger partial charge in [-0.25, -0.2) is 4.98 Å². The number of hydrogen-bond donors (Lipinski definition) is 2. The highest BCUT2D eigenvalue weighted by atomic mass is 32.1. The number of aromatic nitrogens is 4. The highest BCUT2D eigenvalue weighted by Crippen LogP contribution is 2.29. The number of alkyl halides is 3. The first-order valence-electron chi connectivity index (χ1n) is 7.66. The number of nitrogens with zero attached hydrogens (tertiary/aromatic N) is 2. The highest BCUT2D eigenvalue weighted by Gasteiger charge is 2.26. The molecule has 0 fully saturated rings. The Bertz CT molecular complexity index is 898. The molecule has 0 amide bonds. The van der Waals surface area contributed by atoms with Gasteiger partial charge in [-0.3, -0.25) is 0 Å². The Morgan fingerprint density at radius 3 is 2.60 bits per heavy atom. The number of aryl methyl sites for hydroxylation is 2. The van der Waals surface area contributed by atoms with Crippen molar-refractivity contribution in [1.82, 2.24) is 19.5 Å². The summed E-state index contributed by atoms with van der Waals surface area (Å²) >= 11 is 1.63. The number of hydrogen-bond acceptors (Lipinski definition) is 2. The minimum Gasteiger partial charge on any atom is -0.368 e. The van der Waals surface area contributed by atoms with E-state index in [1.54, 1.807) is 11.3 Å². The van der Waals surface area contributed by atoms with Crippen LogP contribution in [-0.4, -0.2) is 25.7 Å². The zero-order chi connectivity index (χ0) is 17.9. The van der Waals surface area contributed by atoms with Gasteiger partial charge in [0.1, 0.15) is 0 Å². The zero-order valence-corrected chi connectivity index (χ0v) is 14.3. The summed E-state index contributed by atoms with van der Waals surface area (Å²) in [6, 6.07) is 7.89. The van der Waals surface area contributed by atoms with Crippen LogP contribution in [0.4, 0.5) is 13.2 Å². The molecule has 8 heteroatoms. The van der Waals surface area contributed by atoms with Crippen LogP contribution in [0.2, 0.25) is 0 Å². The summed E-state index contributed by atoms with van der Waals surface area (Å²) < 4.78 is 39.7. The smallest absolute Gasteiger partial charge is 0.368 e. The number of aromatic amines is 2. The fourth-order valence-corrected chi connectivity index (χ4v) is 3.30. The SMILES string of the molecule is Cn1c(-c2ncc(CCC(F)(F)F)[nH]2)cc2sccc21.c1cc[nH]c1. The molecule has 0 atom stereocenters. The van der Waals surface area contributed by atoms with Crippen LogP contribution in [0.15, 0.2) is 48.2 Å². The van der Waals surface area contributed by atoms with Crippen LogP contribution in [0.25, 0.3) is 21.7 Å². The van der Waals surface area contributed by atoms with Crippen LogP contribution >= 0.6 is 11.3 Å². The molecular formula is C17H17F3N4S. The largest absolute Gasteiger partial charge is 0.389 e. The molecule has 0 aliphatic carbocycles. The van der Waals surface area contributed by atoms with Gasteiger partial charge in [-0.1, -0.05) is 0 Å². The van der Waals surface area contributed by atoms with Crippen LogP contribution in [0.1, 0.15) is 12.1 Å². The lowest BCUT2D eigenvalue weighted by molar-refractivity contribution is -0.134. The topological polar surface area (TPSA) is 49.4 Å². The zero-order valence-electron chi connectivity index (χ0n) is 13.5. The van der Waals surface area contributed by atoms with Gasteiger partial charge >= 0.3 is 6.18 Å². The second-order valence-electron chi connectivity index (χ2n) is 5.52. The van der Waals surface area contributed by atoms with E-state index in [4.69, 9.17) is 0 Å². The number of nitrogens with one attached hydrogen (secondary N) is 2. The Hall–Kier alpha value is -2.48. The Kier molecular flexibility index (Phi) is 4.98. The molecule has 4 nitrogen and oxygen atoms in total. The Labute approximate surface area is 146 Å². The van der Waals surface area contributed by atoms with Crippen molar-refractivity contribution in [3.63, 3.8) is 0 Å². The molecule has 0 aliphatic heterocycles. The third-order valence-electron chi connectivity index (χ3n) is 3.71. The van der Waals surface area contributed by atoms with Gasteiger partial charge in [0.15, 0.2) is 5.82 Å². The molecule has 2 N–H and O–H groups in total. The molecule has 0 bridgehead atoms. The third-order valence-corrected chi connectivity index (χ3v) is 4.56. The summed E-state index contributed by atoms with van der Waals surface area (Å²) in [5, 5.41) is 2.01. The van der Waals surface area contributed by atoms with E-state index in [0.29, 0.717) is 11.5 Å². The quantitative estimate of drug-likeness (QED) is 0.518. The van der Waals surface area contributed by atoms with Crippen LogP contribution in [0.3, 0.4) is 0 Å². The number of H-pyrrole nitrogens is 2. The van der Waals surface area contributed by atoms with Gasteiger partial charge < -0.3 is 14.5 Å². The van der Waals surface area contributed by atoms with Crippen molar-refractivity contribution in [3.8, 4) is 11.5 Å². The second-order valence-corrected chi connectivity index (χ2v) is 6.46. The van der Waals surface area contributed by atoms with Crippen LogP contribution in [-0.2, 0) is 13.5 Å². The summed E-state index contributed by atoms with van der Waals surface area (Å²) in [5.74, 6) is 0.605. The van der Waals surface area contributed by atoms with Crippen molar-refractivity contribution < 1.29 is 13.2 Å². The van der Waals surface area contributed by atoms with Crippen molar-refractivity contribution >= 4 is 21.6 Å². The Morgan fingerprint density at radius 2 is 2.00 bits per heavy atom. The predicted molar refractivity (Wildman–Crippen MR) is 93.5 cm³/mol. The number of rotatable bonds is 3. The first-order chi connectivity index (χ1) is 11.9. The monoisotopic (exact) mass is 366 g/mol. The molecule has 0 saturated heterocycles. The molecule has 0 saturated carbocycles. The molecular weight excluding hydrogens is 349 g/mol. The first kappa shape index (κ1) is 17.3. The molecule has 25 heavy (non-hydrogen) atoms. The van der Waals surface area contributed by atoms with E-state index < -0.39 is 12.6 Å². The van der Waals surface area contributed by atoms with Gasteiger partial charge in [0.2, 0.25) is 0 Å². The molecule has 0 spiro atoms. The summed E-state index contributed by atoms with van der Waals surface area (Å²) in [6.07, 6.45) is 0.174. The summed E-state index contributed by atoms with van der Waals surface area (Å²) in [7, 11) is 1.92. The maximum atomic E-state index is 12.2. The average molecular weight is 366 g/mol. The molecule has 132 valence electrons. The van der Waals surface area contributed by atoms with Gasteiger partial charge in [-0.2, -0.15) is 13.2 Å². The van der Waals surface area contributed by atoms with Gasteiger partial charge in [-0.15, -0.1) is 11.3 Å². The molecule has 4 aromatic heterocycles. The number of thiophene rings is 1. The molecule has 0 radical (unpaired) electrons. The second kappa shape index (κ2) is 7.18. The van der Waals surface area contributed by atoms with Crippen LogP contribution < -0.4 is 0 Å². The third kappa shape index (κ3) is 4.33. The van der Waals surface area contributed by atoms with Crippen molar-refractivity contribution in [2.75, 3.05) is 0 Å². The Balaban J connectivity index is 0.000000314. The normalized spacial score (nSPS) is 11.5. The lowest BCUT2D eigenvalue weighted by atomic mass is 10.2. The fraction of sp³-hybridized carbons (Fsp3) is 0.235. The number of fused-ring (bicyclic) bond motifs is 1. The number of halogens is 3. The Morgan fingerprint density at radius 1 is 1.24 bits per heavy atom. The van der Waals surface area contributed by atoms with E-state index in [0.717, 1.165) is 15.9 Å². The average Bonchev–Trinajstić information content (AvgIpc) is 3.33. The highest BCUT2D eigenvalue weighted by molar-refractivity contribution is 7.17. The standard InChI is InChI=1S/C13H12F3N3S.C4H5N/c1-19-9-3-5-20-11(9)6-10(19)12-17-7-8(18-12)2-4-13(14,15)16;1-2-4-5-3-1/h3,5-7H,2,4H2,1H3,(H,17,18);1-5H. The van der Waals surface area contributed by atoms with E-state index in [1.807, 2.05) is 53.7 Å². The van der Waals surface area contributed by atoms with Gasteiger partial charge in [0.05, 0.1) is 15.9 Å². The van der Waals surface area contributed by atoms with Gasteiger partial charge in [0, 0.05) is 37.8 Å². The fourth-order valence-electron chi connectivity index (χ4n) is 2.45. The molecule has 4 heterocycles. The molecule has 4 rings (SSSR count). The first-order valence-corrected chi connectivity index (χ1v) is 8.54. The van der Waals surface area contributed by atoms with E-state index in [9.17, 15) is 13.2 Å². The molecule has 0 aliphatic rings. The maximum Gasteiger partial charge on any atom is 0.389 e. The summed E-state index contributed by atoms with van der Waals surface area (Å²) in [6.45, 7) is 0. The van der Waals surface area contributed by atoms with Crippen molar-refractivity contribution in [3.05, 3.63) is 53.9 Å². The lowest BCUT2D eigenvalue weighted by Gasteiger charge is -2.04. The molecule has 4 aromatic rings. The maximum absolute atomic E-state index is 12.2. The molecule has 0 aromatic carbocycles. The van der Waals surface area contributed by atoms with E-state index in [2.05, 4.69) is 15.0 Å². The summed E-state index contributed by atoms with van der Waals surface area (Å²) in [4.78, 5) is 10.0. The number of imidazole rings is 1. The predicted octanol–water partition coefficient (Wildman–Crippen LogP) is 5.14. The van der Waals surface area contributed by atoms with E-state index in [1.165, 1.54) is 6.20 Å². The van der Waals surface area contributed by atoms with E-state index >= 15 is 0 Å².